The van der Waals surface area contributed by atoms with Crippen molar-refractivity contribution < 1.29 is 17.6 Å². The van der Waals surface area contributed by atoms with E-state index < -0.39 is 17.4 Å². The molecule has 0 aliphatic carbocycles. The number of alkyl halides is 3. The summed E-state index contributed by atoms with van der Waals surface area (Å²) in [5, 5.41) is 0. The lowest BCUT2D eigenvalue weighted by Crippen LogP contribution is -2.08. The van der Waals surface area contributed by atoms with Crippen LogP contribution in [-0.4, -0.2) is 14.1 Å². The molecule has 0 amide bonds. The van der Waals surface area contributed by atoms with Crippen molar-refractivity contribution in [3.8, 4) is 22.5 Å². The van der Waals surface area contributed by atoms with Gasteiger partial charge in [-0.2, -0.15) is 13.2 Å². The summed E-state index contributed by atoms with van der Waals surface area (Å²) < 4.78 is 43.9. The van der Waals surface area contributed by atoms with E-state index in [-0.39, 0.29) is 5.76 Å². The summed E-state index contributed by atoms with van der Waals surface area (Å²) in [6, 6.07) is 13.9. The highest BCUT2D eigenvalue weighted by Crippen LogP contribution is 2.35. The minimum absolute atomic E-state index is 0.247. The minimum Gasteiger partial charge on any atom is -0.422 e. The van der Waals surface area contributed by atoms with E-state index in [2.05, 4.69) is 0 Å². The van der Waals surface area contributed by atoms with Crippen molar-refractivity contribution in [1.82, 2.24) is 0 Å². The Morgan fingerprint density at radius 2 is 1.44 bits per heavy atom. The fourth-order valence-electron chi connectivity index (χ4n) is 2.75. The highest BCUT2D eigenvalue weighted by Gasteiger charge is 2.30. The molecule has 3 nitrogen and oxygen atoms in total. The zero-order chi connectivity index (χ0) is 19.8. The van der Waals surface area contributed by atoms with Crippen LogP contribution in [0.2, 0.25) is 0 Å². The van der Waals surface area contributed by atoms with Gasteiger partial charge >= 0.3 is 11.8 Å². The summed E-state index contributed by atoms with van der Waals surface area (Å²) in [6.45, 7) is 1.64. The molecule has 0 unspecified atom stereocenters. The number of hydrogen-bond donors (Lipinski definition) is 0. The van der Waals surface area contributed by atoms with Gasteiger partial charge in [-0.15, -0.1) is 0 Å². The third-order valence-corrected chi connectivity index (χ3v) is 4.29. The van der Waals surface area contributed by atoms with E-state index >= 15 is 0 Å². The summed E-state index contributed by atoms with van der Waals surface area (Å²) in [5.41, 5.74) is 2.03. The van der Waals surface area contributed by atoms with E-state index in [1.165, 1.54) is 12.1 Å². The number of nitrogens with zero attached hydrogens (tertiary/aromatic N) is 1. The molecule has 0 spiro atoms. The Labute approximate surface area is 154 Å². The molecule has 3 aromatic rings. The van der Waals surface area contributed by atoms with Crippen LogP contribution >= 0.6 is 0 Å². The molecule has 27 heavy (non-hydrogen) atoms. The standard InChI is InChI=1S/C21H18F3NO2/c1-13-12-18(14-6-10-17(11-7-14)25(2)3)19(27-20(13)26)15-4-8-16(9-5-15)21(22,23)24/h4-12H,1-3H3. The number of hydrogen-bond acceptors (Lipinski definition) is 3. The van der Waals surface area contributed by atoms with Gasteiger partial charge in [0, 0.05) is 36.5 Å². The number of benzene rings is 2. The van der Waals surface area contributed by atoms with E-state index in [0.717, 1.165) is 23.4 Å². The number of anilines is 1. The molecule has 0 atom stereocenters. The predicted molar refractivity (Wildman–Crippen MR) is 99.9 cm³/mol. The Hall–Kier alpha value is -3.02. The Balaban J connectivity index is 2.13. The van der Waals surface area contributed by atoms with Crippen LogP contribution in [0.1, 0.15) is 11.1 Å². The van der Waals surface area contributed by atoms with Gasteiger partial charge in [-0.3, -0.25) is 0 Å². The highest BCUT2D eigenvalue weighted by molar-refractivity contribution is 5.80. The molecule has 0 fully saturated rings. The predicted octanol–water partition coefficient (Wildman–Crippen LogP) is 5.37. The lowest BCUT2D eigenvalue weighted by Gasteiger charge is -2.14. The van der Waals surface area contributed by atoms with Gasteiger partial charge in [0.1, 0.15) is 5.76 Å². The van der Waals surface area contributed by atoms with Crippen molar-refractivity contribution in [2.45, 2.75) is 13.1 Å². The van der Waals surface area contributed by atoms with Gasteiger partial charge in [0.15, 0.2) is 0 Å². The summed E-state index contributed by atoms with van der Waals surface area (Å²) in [7, 11) is 3.85. The first-order chi connectivity index (χ1) is 12.7. The molecule has 0 saturated heterocycles. The maximum atomic E-state index is 12.8. The summed E-state index contributed by atoms with van der Waals surface area (Å²) >= 11 is 0. The van der Waals surface area contributed by atoms with E-state index in [4.69, 9.17) is 4.42 Å². The molecule has 1 heterocycles. The number of rotatable bonds is 3. The molecule has 6 heteroatoms. The molecule has 1 aromatic heterocycles. The normalized spacial score (nSPS) is 11.5. The Morgan fingerprint density at radius 1 is 0.889 bits per heavy atom. The van der Waals surface area contributed by atoms with Crippen LogP contribution in [0, 0.1) is 6.92 Å². The summed E-state index contributed by atoms with van der Waals surface area (Å²) in [5.74, 6) is 0.247. The largest absolute Gasteiger partial charge is 0.422 e. The van der Waals surface area contributed by atoms with Crippen LogP contribution in [-0.2, 0) is 6.18 Å². The Morgan fingerprint density at radius 3 is 1.96 bits per heavy atom. The topological polar surface area (TPSA) is 33.5 Å². The van der Waals surface area contributed by atoms with Gasteiger partial charge < -0.3 is 9.32 Å². The Bertz CT molecular complexity index is 1000. The van der Waals surface area contributed by atoms with Crippen molar-refractivity contribution in [2.24, 2.45) is 0 Å². The maximum absolute atomic E-state index is 12.8. The molecule has 0 radical (unpaired) electrons. The summed E-state index contributed by atoms with van der Waals surface area (Å²) in [6.07, 6.45) is -4.42. The van der Waals surface area contributed by atoms with Crippen molar-refractivity contribution >= 4 is 5.69 Å². The molecule has 2 aromatic carbocycles. The zero-order valence-electron chi connectivity index (χ0n) is 15.1. The third-order valence-electron chi connectivity index (χ3n) is 4.29. The molecular formula is C21H18F3NO2. The average Bonchev–Trinajstić information content (AvgIpc) is 2.63. The smallest absolute Gasteiger partial charge is 0.416 e. The van der Waals surface area contributed by atoms with Crippen LogP contribution in [0.4, 0.5) is 18.9 Å². The first kappa shape index (κ1) is 18.8. The van der Waals surface area contributed by atoms with E-state index in [1.54, 1.807) is 13.0 Å². The average molecular weight is 373 g/mol. The quantitative estimate of drug-likeness (QED) is 0.619. The van der Waals surface area contributed by atoms with Gasteiger partial charge in [-0.1, -0.05) is 24.3 Å². The van der Waals surface area contributed by atoms with Crippen LogP contribution in [0.5, 0.6) is 0 Å². The molecule has 140 valence electrons. The van der Waals surface area contributed by atoms with Gasteiger partial charge in [-0.25, -0.2) is 4.79 Å². The second-order valence-electron chi connectivity index (χ2n) is 6.48. The molecule has 0 aliphatic rings. The van der Waals surface area contributed by atoms with E-state index in [9.17, 15) is 18.0 Å². The second kappa shape index (κ2) is 6.95. The third kappa shape index (κ3) is 3.89. The van der Waals surface area contributed by atoms with Crippen molar-refractivity contribution in [1.29, 1.82) is 0 Å². The van der Waals surface area contributed by atoms with Crippen molar-refractivity contribution in [3.63, 3.8) is 0 Å². The second-order valence-corrected chi connectivity index (χ2v) is 6.48. The highest BCUT2D eigenvalue weighted by atomic mass is 19.4. The lowest BCUT2D eigenvalue weighted by molar-refractivity contribution is -0.137. The fourth-order valence-corrected chi connectivity index (χ4v) is 2.75. The molecule has 0 bridgehead atoms. The van der Waals surface area contributed by atoms with Crippen LogP contribution < -0.4 is 10.5 Å². The van der Waals surface area contributed by atoms with Crippen LogP contribution in [0.25, 0.3) is 22.5 Å². The molecule has 0 saturated carbocycles. The zero-order valence-corrected chi connectivity index (χ0v) is 15.1. The summed E-state index contributed by atoms with van der Waals surface area (Å²) in [4.78, 5) is 14.0. The van der Waals surface area contributed by atoms with E-state index in [0.29, 0.717) is 16.7 Å². The monoisotopic (exact) mass is 373 g/mol. The van der Waals surface area contributed by atoms with Gasteiger partial charge in [0.05, 0.1) is 5.56 Å². The first-order valence-electron chi connectivity index (χ1n) is 8.27. The van der Waals surface area contributed by atoms with E-state index in [1.807, 2.05) is 43.3 Å². The van der Waals surface area contributed by atoms with Crippen LogP contribution in [0.15, 0.2) is 63.8 Å². The molecule has 0 aliphatic heterocycles. The fraction of sp³-hybridized carbons (Fsp3) is 0.190. The SMILES string of the molecule is Cc1cc(-c2ccc(N(C)C)cc2)c(-c2ccc(C(F)(F)F)cc2)oc1=O. The molecule has 0 N–H and O–H groups in total. The number of halogens is 3. The van der Waals surface area contributed by atoms with Gasteiger partial charge in [0.25, 0.3) is 0 Å². The van der Waals surface area contributed by atoms with Gasteiger partial charge in [0.2, 0.25) is 0 Å². The van der Waals surface area contributed by atoms with Crippen LogP contribution in [0.3, 0.4) is 0 Å². The molecule has 3 rings (SSSR count). The first-order valence-corrected chi connectivity index (χ1v) is 8.27. The maximum Gasteiger partial charge on any atom is 0.416 e. The van der Waals surface area contributed by atoms with Crippen molar-refractivity contribution in [3.05, 3.63) is 76.1 Å². The lowest BCUT2D eigenvalue weighted by atomic mass is 9.98. The van der Waals surface area contributed by atoms with Gasteiger partial charge in [-0.05, 0) is 42.8 Å². The molecular weight excluding hydrogens is 355 g/mol. The number of aryl methyl sites for hydroxylation is 1. The Kier molecular flexibility index (Phi) is 4.83. The minimum atomic E-state index is -4.42. The van der Waals surface area contributed by atoms with Crippen molar-refractivity contribution in [2.75, 3.05) is 19.0 Å².